The molecule has 0 bridgehead atoms. The van der Waals surface area contributed by atoms with Gasteiger partial charge in [-0.1, -0.05) is 6.07 Å². The summed E-state index contributed by atoms with van der Waals surface area (Å²) in [5, 5.41) is 9.23. The lowest BCUT2D eigenvalue weighted by Gasteiger charge is -2.05. The molecule has 0 aliphatic heterocycles. The first-order valence-corrected chi connectivity index (χ1v) is 4.18. The molecule has 1 aromatic carbocycles. The van der Waals surface area contributed by atoms with Gasteiger partial charge in [-0.25, -0.2) is 4.39 Å². The molecule has 0 aliphatic carbocycles. The maximum absolute atomic E-state index is 12.8. The summed E-state index contributed by atoms with van der Waals surface area (Å²) >= 11 is 5.30. The average Bonchev–Trinajstić information content (AvgIpc) is 2.12. The molecular weight excluding hydrogens is 195 g/mol. The first kappa shape index (κ1) is 9.99. The Balaban J connectivity index is 3.33. The fraction of sp³-hybridized carbons (Fsp3) is 0.222. The Morgan fingerprint density at radius 3 is 2.77 bits per heavy atom. The molecule has 0 saturated heterocycles. The summed E-state index contributed by atoms with van der Waals surface area (Å²) in [5.74, 6) is -2.17. The van der Waals surface area contributed by atoms with Gasteiger partial charge < -0.3 is 5.11 Å². The minimum Gasteiger partial charge on any atom is -0.504 e. The summed E-state index contributed by atoms with van der Waals surface area (Å²) in [6.07, 6.45) is 0. The van der Waals surface area contributed by atoms with E-state index in [2.05, 4.69) is 0 Å². The van der Waals surface area contributed by atoms with Gasteiger partial charge in [0.15, 0.2) is 17.3 Å². The quantitative estimate of drug-likeness (QED) is 0.590. The second-order valence-electron chi connectivity index (χ2n) is 2.64. The molecule has 0 amide bonds. The van der Waals surface area contributed by atoms with E-state index in [4.69, 9.17) is 11.6 Å². The standard InChI is InChI=1S/C9H8ClFO2/c1-5-2-3-6(11)9(13)8(5)7(12)4-10/h2-3,13H,4H2,1H3. The van der Waals surface area contributed by atoms with Crippen LogP contribution in [-0.2, 0) is 0 Å². The van der Waals surface area contributed by atoms with E-state index in [0.717, 1.165) is 6.07 Å². The smallest absolute Gasteiger partial charge is 0.181 e. The Bertz CT molecular complexity index is 350. The fourth-order valence-electron chi connectivity index (χ4n) is 1.09. The normalized spacial score (nSPS) is 10.1. The van der Waals surface area contributed by atoms with Crippen LogP contribution < -0.4 is 0 Å². The number of hydrogen-bond acceptors (Lipinski definition) is 2. The van der Waals surface area contributed by atoms with Crippen LogP contribution >= 0.6 is 11.6 Å². The van der Waals surface area contributed by atoms with Gasteiger partial charge >= 0.3 is 0 Å². The van der Waals surface area contributed by atoms with Gasteiger partial charge in [0.05, 0.1) is 11.4 Å². The van der Waals surface area contributed by atoms with Crippen molar-refractivity contribution in [3.05, 3.63) is 29.1 Å². The van der Waals surface area contributed by atoms with Crippen LogP contribution in [0.5, 0.6) is 5.75 Å². The molecule has 70 valence electrons. The van der Waals surface area contributed by atoms with Crippen molar-refractivity contribution in [2.75, 3.05) is 5.88 Å². The van der Waals surface area contributed by atoms with Crippen LogP contribution in [0.15, 0.2) is 12.1 Å². The number of alkyl halides is 1. The Labute approximate surface area is 80.0 Å². The first-order chi connectivity index (χ1) is 6.07. The average molecular weight is 203 g/mol. The van der Waals surface area contributed by atoms with Crippen molar-refractivity contribution < 1.29 is 14.3 Å². The van der Waals surface area contributed by atoms with Crippen LogP contribution in [0.3, 0.4) is 0 Å². The molecule has 1 rings (SSSR count). The van der Waals surface area contributed by atoms with Crippen molar-refractivity contribution in [1.29, 1.82) is 0 Å². The molecule has 0 aliphatic rings. The van der Waals surface area contributed by atoms with E-state index in [0.29, 0.717) is 5.56 Å². The SMILES string of the molecule is Cc1ccc(F)c(O)c1C(=O)CCl. The van der Waals surface area contributed by atoms with E-state index in [1.807, 2.05) is 0 Å². The highest BCUT2D eigenvalue weighted by molar-refractivity contribution is 6.31. The van der Waals surface area contributed by atoms with Gasteiger partial charge in [0, 0.05) is 0 Å². The minimum atomic E-state index is -0.806. The zero-order valence-electron chi connectivity index (χ0n) is 6.97. The van der Waals surface area contributed by atoms with E-state index in [1.165, 1.54) is 6.07 Å². The number of aromatic hydroxyl groups is 1. The van der Waals surface area contributed by atoms with Gasteiger partial charge in [-0.15, -0.1) is 11.6 Å². The minimum absolute atomic E-state index is 0.0324. The molecule has 2 nitrogen and oxygen atoms in total. The Kier molecular flexibility index (Phi) is 2.88. The van der Waals surface area contributed by atoms with Gasteiger partial charge in [0.25, 0.3) is 0 Å². The van der Waals surface area contributed by atoms with Gasteiger partial charge in [-0.3, -0.25) is 4.79 Å². The zero-order chi connectivity index (χ0) is 10.0. The maximum Gasteiger partial charge on any atom is 0.181 e. The van der Waals surface area contributed by atoms with E-state index < -0.39 is 17.3 Å². The molecule has 0 heterocycles. The molecule has 1 N–H and O–H groups in total. The number of carbonyl (C=O) groups excluding carboxylic acids is 1. The third kappa shape index (κ3) is 1.80. The molecule has 0 unspecified atom stereocenters. The lowest BCUT2D eigenvalue weighted by Crippen LogP contribution is -2.04. The topological polar surface area (TPSA) is 37.3 Å². The third-order valence-corrected chi connectivity index (χ3v) is 1.98. The predicted octanol–water partition coefficient (Wildman–Crippen LogP) is 2.26. The molecular formula is C9H8ClFO2. The Morgan fingerprint density at radius 1 is 1.62 bits per heavy atom. The monoisotopic (exact) mass is 202 g/mol. The number of phenols is 1. The number of phenolic OH excluding ortho intramolecular Hbond substituents is 1. The highest BCUT2D eigenvalue weighted by Crippen LogP contribution is 2.24. The lowest BCUT2D eigenvalue weighted by atomic mass is 10.0. The van der Waals surface area contributed by atoms with Crippen LogP contribution in [0.1, 0.15) is 15.9 Å². The van der Waals surface area contributed by atoms with Crippen molar-refractivity contribution in [3.8, 4) is 5.75 Å². The maximum atomic E-state index is 12.8. The Morgan fingerprint density at radius 2 is 2.23 bits per heavy atom. The van der Waals surface area contributed by atoms with E-state index in [-0.39, 0.29) is 11.4 Å². The summed E-state index contributed by atoms with van der Waals surface area (Å²) in [6, 6.07) is 2.53. The van der Waals surface area contributed by atoms with Crippen LogP contribution in [0, 0.1) is 12.7 Å². The highest BCUT2D eigenvalue weighted by Gasteiger charge is 2.16. The number of Topliss-reactive ketones (excluding diaryl/α,β-unsaturated/α-hetero) is 1. The van der Waals surface area contributed by atoms with E-state index >= 15 is 0 Å². The largest absolute Gasteiger partial charge is 0.504 e. The molecule has 0 atom stereocenters. The summed E-state index contributed by atoms with van der Waals surface area (Å²) in [5.41, 5.74) is 0.486. The summed E-state index contributed by atoms with van der Waals surface area (Å²) in [7, 11) is 0. The highest BCUT2D eigenvalue weighted by atomic mass is 35.5. The van der Waals surface area contributed by atoms with E-state index in [9.17, 15) is 14.3 Å². The molecule has 0 fully saturated rings. The molecule has 13 heavy (non-hydrogen) atoms. The van der Waals surface area contributed by atoms with Crippen molar-refractivity contribution in [1.82, 2.24) is 0 Å². The summed E-state index contributed by atoms with van der Waals surface area (Å²) in [4.78, 5) is 11.1. The Hall–Kier alpha value is -1.09. The van der Waals surface area contributed by atoms with E-state index in [1.54, 1.807) is 6.92 Å². The molecule has 0 radical (unpaired) electrons. The van der Waals surface area contributed by atoms with Gasteiger partial charge in [0.2, 0.25) is 0 Å². The van der Waals surface area contributed by atoms with Crippen molar-refractivity contribution in [2.24, 2.45) is 0 Å². The van der Waals surface area contributed by atoms with Crippen LogP contribution in [-0.4, -0.2) is 16.8 Å². The predicted molar refractivity (Wildman–Crippen MR) is 47.9 cm³/mol. The van der Waals surface area contributed by atoms with Crippen molar-refractivity contribution in [2.45, 2.75) is 6.92 Å². The molecule has 1 aromatic rings. The van der Waals surface area contributed by atoms with Crippen molar-refractivity contribution >= 4 is 17.4 Å². The van der Waals surface area contributed by atoms with Crippen LogP contribution in [0.2, 0.25) is 0 Å². The summed E-state index contributed by atoms with van der Waals surface area (Å²) < 4.78 is 12.8. The van der Waals surface area contributed by atoms with Gasteiger partial charge in [0.1, 0.15) is 0 Å². The molecule has 4 heteroatoms. The van der Waals surface area contributed by atoms with Gasteiger partial charge in [-0.05, 0) is 18.6 Å². The number of carbonyl (C=O) groups is 1. The third-order valence-electron chi connectivity index (χ3n) is 1.74. The molecule has 0 spiro atoms. The number of benzene rings is 1. The zero-order valence-corrected chi connectivity index (χ0v) is 7.73. The number of aryl methyl sites for hydroxylation is 1. The number of rotatable bonds is 2. The van der Waals surface area contributed by atoms with Crippen LogP contribution in [0.25, 0.3) is 0 Å². The second kappa shape index (κ2) is 3.75. The van der Waals surface area contributed by atoms with Crippen LogP contribution in [0.4, 0.5) is 4.39 Å². The lowest BCUT2D eigenvalue weighted by molar-refractivity contribution is 0.101. The van der Waals surface area contributed by atoms with Gasteiger partial charge in [-0.2, -0.15) is 0 Å². The number of halogens is 2. The van der Waals surface area contributed by atoms with Crippen molar-refractivity contribution in [3.63, 3.8) is 0 Å². The summed E-state index contributed by atoms with van der Waals surface area (Å²) in [6.45, 7) is 1.61. The number of ketones is 1. The second-order valence-corrected chi connectivity index (χ2v) is 2.91. The number of hydrogen-bond donors (Lipinski definition) is 1. The molecule has 0 aromatic heterocycles. The first-order valence-electron chi connectivity index (χ1n) is 3.65. The fourth-order valence-corrected chi connectivity index (χ4v) is 1.22. The molecule has 0 saturated carbocycles.